The van der Waals surface area contributed by atoms with Crippen molar-refractivity contribution in [1.29, 1.82) is 0 Å². The van der Waals surface area contributed by atoms with Gasteiger partial charge in [0.15, 0.2) is 23.0 Å². The third-order valence-corrected chi connectivity index (χ3v) is 12.4. The number of likely N-dealkylation sites (N-methyl/N-ethyl adjacent to an activating group) is 2. The Labute approximate surface area is 355 Å². The molecule has 6 rings (SSSR count). The number of carbonyl (C=O) groups excluding carboxylic acids is 2. The van der Waals surface area contributed by atoms with E-state index in [1.54, 1.807) is 24.1 Å². The average molecular weight is 858 g/mol. The first-order valence-electron chi connectivity index (χ1n) is 19.7. The van der Waals surface area contributed by atoms with Gasteiger partial charge in [-0.3, -0.25) is 29.2 Å². The molecule has 16 nitrogen and oxygen atoms in total. The van der Waals surface area contributed by atoms with E-state index >= 15 is 0 Å². The summed E-state index contributed by atoms with van der Waals surface area (Å²) in [6.45, 7) is 9.73. The molecule has 0 saturated carbocycles. The Balaban J connectivity index is 1.27. The third kappa shape index (κ3) is 8.68. The molecule has 1 aliphatic carbocycles. The topological polar surface area (TPSA) is 204 Å². The molecule has 2 aliphatic heterocycles. The summed E-state index contributed by atoms with van der Waals surface area (Å²) in [5.74, 6) is -1.79. The van der Waals surface area contributed by atoms with Gasteiger partial charge in [-0.1, -0.05) is 50.2 Å². The molecule has 1 amide bonds. The summed E-state index contributed by atoms with van der Waals surface area (Å²) >= 11 is 0. The molecule has 3 aromatic rings. The van der Waals surface area contributed by atoms with E-state index in [4.69, 9.17) is 9.47 Å². The largest absolute Gasteiger partial charge is 0.493 e. The van der Waals surface area contributed by atoms with Gasteiger partial charge in [-0.25, -0.2) is 0 Å². The van der Waals surface area contributed by atoms with E-state index in [1.165, 1.54) is 26.2 Å². The number of ketones is 1. The molecular weight excluding hydrogens is 805 g/mol. The Morgan fingerprint density at radius 2 is 1.70 bits per heavy atom. The second-order valence-electron chi connectivity index (χ2n) is 16.6. The van der Waals surface area contributed by atoms with Gasteiger partial charge in [-0.2, -0.15) is 13.0 Å². The number of aliphatic hydroxyl groups is 1. The zero-order chi connectivity index (χ0) is 44.8. The number of ether oxygens (including phenoxy) is 2. The second kappa shape index (κ2) is 16.9. The van der Waals surface area contributed by atoms with Crippen LogP contribution in [0.3, 0.4) is 0 Å². The van der Waals surface area contributed by atoms with Gasteiger partial charge in [-0.15, -0.1) is 0 Å². The van der Waals surface area contributed by atoms with Crippen molar-refractivity contribution >= 4 is 44.6 Å². The summed E-state index contributed by atoms with van der Waals surface area (Å²) in [5, 5.41) is 27.5. The zero-order valence-corrected chi connectivity index (χ0v) is 36.6. The number of benzene rings is 3. The summed E-state index contributed by atoms with van der Waals surface area (Å²) in [7, 11) is 2.15. The number of nitro groups is 1. The highest BCUT2D eigenvalue weighted by Crippen LogP contribution is 2.48. The molecule has 3 aliphatic rings. The highest BCUT2D eigenvalue weighted by atomic mass is 32.2. The van der Waals surface area contributed by atoms with Crippen molar-refractivity contribution in [1.82, 2.24) is 15.5 Å². The van der Waals surface area contributed by atoms with Gasteiger partial charge in [0.1, 0.15) is 25.6 Å². The first-order valence-corrected chi connectivity index (χ1v) is 21.3. The van der Waals surface area contributed by atoms with Crippen molar-refractivity contribution in [2.24, 2.45) is 0 Å². The Morgan fingerprint density at radius 3 is 2.31 bits per heavy atom. The fourth-order valence-electron chi connectivity index (χ4n) is 8.31. The van der Waals surface area contributed by atoms with Crippen LogP contribution in [0.25, 0.3) is 0 Å². The van der Waals surface area contributed by atoms with Crippen molar-refractivity contribution in [3.63, 3.8) is 0 Å². The lowest BCUT2D eigenvalue weighted by atomic mass is 9.77. The minimum atomic E-state index is -4.72. The van der Waals surface area contributed by atoms with Gasteiger partial charge >= 0.3 is 0 Å². The molecule has 2 atom stereocenters. The number of rotatable bonds is 16. The number of anilines is 1. The smallest absolute Gasteiger partial charge is 0.279 e. The molecule has 324 valence electrons. The summed E-state index contributed by atoms with van der Waals surface area (Å²) in [6, 6.07) is 16.9. The monoisotopic (exact) mass is 857 g/mol. The number of allylic oxidation sites excluding steroid dienone is 5. The van der Waals surface area contributed by atoms with Gasteiger partial charge in [-0.05, 0) is 51.6 Å². The number of hydrogen-bond donors (Lipinski definition) is 4. The molecule has 0 bridgehead atoms. The SMILES string of the molecule is COc1cc(C(C)O)c([N+](=O)[O-])cc1OCN(C)CCNC(=O)C(CS(=O)(=O)O)NC1=C(/C=C2/N(C)c3ccccc3C2(C)C)C(=O)/C1=C\C1=[N+](C)c2ccccc2C1(C)C. The minimum Gasteiger partial charge on any atom is -0.493 e. The van der Waals surface area contributed by atoms with Gasteiger partial charge in [0.2, 0.25) is 11.6 Å². The lowest BCUT2D eigenvalue weighted by molar-refractivity contribution is -0.401. The molecule has 3 aromatic carbocycles. The minimum absolute atomic E-state index is 0.00455. The van der Waals surface area contributed by atoms with E-state index in [0.29, 0.717) is 0 Å². The third-order valence-electron chi connectivity index (χ3n) is 11.7. The van der Waals surface area contributed by atoms with E-state index in [1.807, 2.05) is 72.1 Å². The maximum absolute atomic E-state index is 14.3. The molecule has 0 aromatic heterocycles. The van der Waals surface area contributed by atoms with E-state index in [-0.39, 0.29) is 65.2 Å². The maximum Gasteiger partial charge on any atom is 0.279 e. The number of hydrogen-bond acceptors (Lipinski definition) is 12. The van der Waals surface area contributed by atoms with Gasteiger partial charge in [0.25, 0.3) is 15.8 Å². The molecular formula is C44H53N6O10S+. The predicted molar refractivity (Wildman–Crippen MR) is 231 cm³/mol. The Bertz CT molecular complexity index is 2540. The van der Waals surface area contributed by atoms with Crippen LogP contribution < -0.4 is 25.0 Å². The standard InChI is InChI=1S/C44H52N6O10S/c1-26(51)27-20-36(59-9)37(23-35(27)50(54)55)60-25-47(6)19-18-45-42(53)32(24-61(56,57)58)46-40-28(21-38-43(2,3)30-14-10-12-16-33(30)48(38)7)41(52)29(40)22-39-44(4,5)31-15-11-13-17-34(31)49(39)8/h10-17,20-23,26,32,51H,18-19,24-25H2,1-9H3,(H2-,45,46,52,53,56,57,58)/p+1. The van der Waals surface area contributed by atoms with Crippen LogP contribution in [0.2, 0.25) is 0 Å². The first kappa shape index (κ1) is 44.7. The average Bonchev–Trinajstić information content (AvgIpc) is 3.52. The van der Waals surface area contributed by atoms with Gasteiger partial charge < -0.3 is 30.1 Å². The number of nitro benzene ring substituents is 1. The van der Waals surface area contributed by atoms with Crippen LogP contribution >= 0.6 is 0 Å². The lowest BCUT2D eigenvalue weighted by Crippen LogP contribution is -2.51. The van der Waals surface area contributed by atoms with Crippen LogP contribution in [0, 0.1) is 10.1 Å². The van der Waals surface area contributed by atoms with Crippen LogP contribution in [0.5, 0.6) is 11.5 Å². The highest BCUT2D eigenvalue weighted by molar-refractivity contribution is 7.85. The van der Waals surface area contributed by atoms with Crippen molar-refractivity contribution in [2.75, 3.05) is 58.7 Å². The Kier molecular flexibility index (Phi) is 12.4. The second-order valence-corrected chi connectivity index (χ2v) is 18.1. The number of aliphatic hydroxyl groups excluding tert-OH is 1. The Morgan fingerprint density at radius 1 is 1.05 bits per heavy atom. The van der Waals surface area contributed by atoms with Crippen LogP contribution in [0.1, 0.15) is 57.4 Å². The molecule has 61 heavy (non-hydrogen) atoms. The van der Waals surface area contributed by atoms with Crippen LogP contribution in [0.15, 0.2) is 95.4 Å². The fourth-order valence-corrected chi connectivity index (χ4v) is 8.97. The lowest BCUT2D eigenvalue weighted by Gasteiger charge is -2.31. The fraction of sp³-hybridized carbons (Fsp3) is 0.386. The normalized spacial score (nSPS) is 18.9. The van der Waals surface area contributed by atoms with E-state index in [9.17, 15) is 37.8 Å². The molecule has 4 N–H and O–H groups in total. The molecule has 0 radical (unpaired) electrons. The van der Waals surface area contributed by atoms with Crippen molar-refractivity contribution in [3.05, 3.63) is 122 Å². The molecule has 2 heterocycles. The summed E-state index contributed by atoms with van der Waals surface area (Å²) in [6.07, 6.45) is 2.44. The highest BCUT2D eigenvalue weighted by Gasteiger charge is 2.46. The number of nitrogens with one attached hydrogen (secondary N) is 2. The number of Topliss-reactive ketones (excluding diaryl/α,β-unsaturated/α-hetero) is 1. The zero-order valence-electron chi connectivity index (χ0n) is 35.8. The number of carbonyl (C=O) groups is 2. The van der Waals surface area contributed by atoms with E-state index < -0.39 is 49.7 Å². The van der Waals surface area contributed by atoms with Gasteiger partial charge in [0.05, 0.1) is 46.5 Å². The number of nitrogens with zero attached hydrogens (tertiary/aromatic N) is 4. The number of fused-ring (bicyclic) bond motifs is 2. The van der Waals surface area contributed by atoms with Crippen molar-refractivity contribution in [2.45, 2.75) is 57.6 Å². The quantitative estimate of drug-likeness (QED) is 0.0387. The number of amides is 1. The van der Waals surface area contributed by atoms with E-state index in [2.05, 4.69) is 38.3 Å². The molecule has 0 saturated heterocycles. The van der Waals surface area contributed by atoms with E-state index in [0.717, 1.165) is 33.9 Å². The number of para-hydroxylation sites is 2. The molecule has 2 unspecified atom stereocenters. The summed E-state index contributed by atoms with van der Waals surface area (Å²) in [5.41, 5.74) is 5.23. The molecule has 17 heteroatoms. The predicted octanol–water partition coefficient (Wildman–Crippen LogP) is 4.67. The maximum atomic E-state index is 14.3. The first-order chi connectivity index (χ1) is 28.6. The van der Waals surface area contributed by atoms with Crippen LogP contribution in [-0.4, -0.2) is 110 Å². The number of methoxy groups -OCH3 is 1. The Hall–Kier alpha value is -5.88. The van der Waals surface area contributed by atoms with Crippen molar-refractivity contribution in [3.8, 4) is 11.5 Å². The van der Waals surface area contributed by atoms with Crippen molar-refractivity contribution < 1.29 is 46.6 Å². The molecule has 0 spiro atoms. The van der Waals surface area contributed by atoms with Gasteiger partial charge in [0, 0.05) is 60.2 Å². The van der Waals surface area contributed by atoms with Crippen LogP contribution in [0.4, 0.5) is 17.1 Å². The van der Waals surface area contributed by atoms with Crippen LogP contribution in [-0.2, 0) is 30.5 Å². The summed E-state index contributed by atoms with van der Waals surface area (Å²) < 4.78 is 48.1. The molecule has 0 fully saturated rings. The summed E-state index contributed by atoms with van der Waals surface area (Å²) in [4.78, 5) is 42.9.